The molecule has 4 rings (SSSR count). The minimum Gasteiger partial charge on any atom is -0.493 e. The molecule has 0 atom stereocenters. The van der Waals surface area contributed by atoms with Gasteiger partial charge < -0.3 is 14.5 Å². The molecule has 2 aromatic heterocycles. The highest BCUT2D eigenvalue weighted by Gasteiger charge is 2.13. The second-order valence-electron chi connectivity index (χ2n) is 6.33. The zero-order valence-electron chi connectivity index (χ0n) is 15.6. The average Bonchev–Trinajstić information content (AvgIpc) is 3.17. The first kappa shape index (κ1) is 17.7. The smallest absolute Gasteiger partial charge is 0.178 e. The largest absolute Gasteiger partial charge is 0.493 e. The number of carbonyl (C=O) groups is 1. The summed E-state index contributed by atoms with van der Waals surface area (Å²) in [4.78, 5) is 24.8. The van der Waals surface area contributed by atoms with E-state index in [0.717, 1.165) is 22.5 Å². The molecule has 28 heavy (non-hydrogen) atoms. The lowest BCUT2D eigenvalue weighted by molar-refractivity contribution is 0.0992. The fraction of sp³-hybridized carbons (Fsp3) is 0.136. The third-order valence-corrected chi connectivity index (χ3v) is 4.53. The SMILES string of the molecule is COc1ccc(C(=O)Cc2cccc(-c3nc4ncccc4[nH]3)c2)cc1OC. The number of hydrogen-bond acceptors (Lipinski definition) is 5. The molecule has 0 fully saturated rings. The van der Waals surface area contributed by atoms with Crippen molar-refractivity contribution < 1.29 is 14.3 Å². The highest BCUT2D eigenvalue weighted by molar-refractivity contribution is 5.98. The first-order chi connectivity index (χ1) is 13.7. The minimum absolute atomic E-state index is 0.00405. The van der Waals surface area contributed by atoms with Crippen LogP contribution in [0.4, 0.5) is 0 Å². The van der Waals surface area contributed by atoms with E-state index in [1.54, 1.807) is 38.6 Å². The summed E-state index contributed by atoms with van der Waals surface area (Å²) in [5, 5.41) is 0. The first-order valence-corrected chi connectivity index (χ1v) is 8.83. The molecule has 0 saturated heterocycles. The molecule has 0 spiro atoms. The van der Waals surface area contributed by atoms with Crippen molar-refractivity contribution in [2.45, 2.75) is 6.42 Å². The highest BCUT2D eigenvalue weighted by Crippen LogP contribution is 2.28. The molecular formula is C22H19N3O3. The first-order valence-electron chi connectivity index (χ1n) is 8.83. The van der Waals surface area contributed by atoms with Crippen LogP contribution in [-0.4, -0.2) is 35.0 Å². The number of imidazole rings is 1. The maximum atomic E-state index is 12.7. The van der Waals surface area contributed by atoms with E-state index in [4.69, 9.17) is 9.47 Å². The van der Waals surface area contributed by atoms with Crippen molar-refractivity contribution in [2.75, 3.05) is 14.2 Å². The maximum Gasteiger partial charge on any atom is 0.178 e. The number of ether oxygens (including phenoxy) is 2. The van der Waals surface area contributed by atoms with Crippen LogP contribution in [0.2, 0.25) is 0 Å². The van der Waals surface area contributed by atoms with E-state index in [9.17, 15) is 4.79 Å². The number of methoxy groups -OCH3 is 2. The number of ketones is 1. The number of nitrogens with zero attached hydrogens (tertiary/aromatic N) is 2. The number of aromatic nitrogens is 3. The van der Waals surface area contributed by atoms with E-state index >= 15 is 0 Å². The summed E-state index contributed by atoms with van der Waals surface area (Å²) >= 11 is 0. The lowest BCUT2D eigenvalue weighted by Gasteiger charge is -2.09. The Hall–Kier alpha value is -3.67. The summed E-state index contributed by atoms with van der Waals surface area (Å²) in [5.41, 5.74) is 3.95. The molecule has 2 aromatic carbocycles. The Labute approximate surface area is 162 Å². The number of aromatic amines is 1. The summed E-state index contributed by atoms with van der Waals surface area (Å²) in [6.45, 7) is 0. The number of benzene rings is 2. The highest BCUT2D eigenvalue weighted by atomic mass is 16.5. The molecule has 0 aliphatic heterocycles. The number of Topliss-reactive ketones (excluding diaryl/α,β-unsaturated/α-hetero) is 1. The standard InChI is InChI=1S/C22H19N3O3/c1-27-19-9-8-15(13-20(19)28-2)18(26)12-14-5-3-6-16(11-14)21-24-17-7-4-10-23-22(17)25-21/h3-11,13H,12H2,1-2H3,(H,23,24,25). The number of H-pyrrole nitrogens is 1. The third-order valence-electron chi connectivity index (χ3n) is 4.53. The van der Waals surface area contributed by atoms with Crippen LogP contribution >= 0.6 is 0 Å². The third kappa shape index (κ3) is 3.44. The van der Waals surface area contributed by atoms with Crippen molar-refractivity contribution in [2.24, 2.45) is 0 Å². The summed E-state index contributed by atoms with van der Waals surface area (Å²) < 4.78 is 10.5. The number of hydrogen-bond donors (Lipinski definition) is 1. The van der Waals surface area contributed by atoms with E-state index in [0.29, 0.717) is 22.7 Å². The van der Waals surface area contributed by atoms with Crippen molar-refractivity contribution in [3.63, 3.8) is 0 Å². The lowest BCUT2D eigenvalue weighted by Crippen LogP contribution is -2.04. The Kier molecular flexibility index (Phi) is 4.76. The molecule has 2 heterocycles. The Bertz CT molecular complexity index is 1120. The van der Waals surface area contributed by atoms with Gasteiger partial charge in [0.05, 0.1) is 19.7 Å². The molecule has 0 amide bonds. The molecule has 6 heteroatoms. The van der Waals surface area contributed by atoms with Crippen molar-refractivity contribution in [3.05, 3.63) is 71.9 Å². The molecule has 0 radical (unpaired) electrons. The molecule has 0 saturated carbocycles. The van der Waals surface area contributed by atoms with Crippen LogP contribution in [-0.2, 0) is 6.42 Å². The number of pyridine rings is 1. The fourth-order valence-electron chi connectivity index (χ4n) is 3.11. The molecule has 4 aromatic rings. The molecule has 140 valence electrons. The number of carbonyl (C=O) groups excluding carboxylic acids is 1. The predicted molar refractivity (Wildman–Crippen MR) is 107 cm³/mol. The van der Waals surface area contributed by atoms with Gasteiger partial charge in [-0.15, -0.1) is 0 Å². The molecule has 6 nitrogen and oxygen atoms in total. The van der Waals surface area contributed by atoms with Crippen molar-refractivity contribution in [1.29, 1.82) is 0 Å². The van der Waals surface area contributed by atoms with Gasteiger partial charge in [-0.05, 0) is 42.0 Å². The minimum atomic E-state index is 0.00405. The van der Waals surface area contributed by atoms with Gasteiger partial charge in [-0.2, -0.15) is 0 Å². The van der Waals surface area contributed by atoms with Gasteiger partial charge >= 0.3 is 0 Å². The van der Waals surface area contributed by atoms with Crippen LogP contribution in [0.25, 0.3) is 22.6 Å². The van der Waals surface area contributed by atoms with Crippen LogP contribution in [0.5, 0.6) is 11.5 Å². The van der Waals surface area contributed by atoms with E-state index in [1.165, 1.54) is 0 Å². The Morgan fingerprint density at radius 1 is 1.00 bits per heavy atom. The zero-order chi connectivity index (χ0) is 19.5. The van der Waals surface area contributed by atoms with E-state index in [-0.39, 0.29) is 12.2 Å². The summed E-state index contributed by atoms with van der Waals surface area (Å²) in [7, 11) is 3.12. The van der Waals surface area contributed by atoms with E-state index in [1.807, 2.05) is 36.4 Å². The van der Waals surface area contributed by atoms with Crippen LogP contribution in [0.3, 0.4) is 0 Å². The van der Waals surface area contributed by atoms with Gasteiger partial charge in [-0.25, -0.2) is 9.97 Å². The average molecular weight is 373 g/mol. The lowest BCUT2D eigenvalue weighted by atomic mass is 10.0. The molecule has 0 aliphatic rings. The topological polar surface area (TPSA) is 77.1 Å². The van der Waals surface area contributed by atoms with Crippen molar-refractivity contribution in [1.82, 2.24) is 15.0 Å². The summed E-state index contributed by atoms with van der Waals surface area (Å²) in [5.74, 6) is 1.87. The van der Waals surface area contributed by atoms with Gasteiger partial charge in [0.2, 0.25) is 0 Å². The molecule has 1 N–H and O–H groups in total. The maximum absolute atomic E-state index is 12.7. The van der Waals surface area contributed by atoms with Gasteiger partial charge in [0, 0.05) is 23.7 Å². The molecule has 0 aliphatic carbocycles. The van der Waals surface area contributed by atoms with Crippen molar-refractivity contribution in [3.8, 4) is 22.9 Å². The Balaban J connectivity index is 1.59. The van der Waals surface area contributed by atoms with Crippen molar-refractivity contribution >= 4 is 16.9 Å². The van der Waals surface area contributed by atoms with Crippen LogP contribution in [0.1, 0.15) is 15.9 Å². The van der Waals surface area contributed by atoms with Gasteiger partial charge in [0.1, 0.15) is 5.82 Å². The van der Waals surface area contributed by atoms with Gasteiger partial charge in [-0.1, -0.05) is 18.2 Å². The monoisotopic (exact) mass is 373 g/mol. The molecular weight excluding hydrogens is 354 g/mol. The molecule has 0 unspecified atom stereocenters. The van der Waals surface area contributed by atoms with Crippen LogP contribution in [0.15, 0.2) is 60.8 Å². The van der Waals surface area contributed by atoms with Gasteiger partial charge in [0.15, 0.2) is 22.9 Å². The summed E-state index contributed by atoms with van der Waals surface area (Å²) in [6, 6.07) is 16.8. The predicted octanol–water partition coefficient (Wildman–Crippen LogP) is 4.07. The van der Waals surface area contributed by atoms with Gasteiger partial charge in [-0.3, -0.25) is 4.79 Å². The normalized spacial score (nSPS) is 10.8. The van der Waals surface area contributed by atoms with Crippen LogP contribution < -0.4 is 9.47 Å². The number of nitrogens with one attached hydrogen (secondary N) is 1. The zero-order valence-corrected chi connectivity index (χ0v) is 15.6. The van der Waals surface area contributed by atoms with Gasteiger partial charge in [0.25, 0.3) is 0 Å². The number of fused-ring (bicyclic) bond motifs is 1. The second-order valence-corrected chi connectivity index (χ2v) is 6.33. The fourth-order valence-corrected chi connectivity index (χ4v) is 3.11. The summed E-state index contributed by atoms with van der Waals surface area (Å²) in [6.07, 6.45) is 1.99. The number of rotatable bonds is 6. The Morgan fingerprint density at radius 3 is 2.64 bits per heavy atom. The second kappa shape index (κ2) is 7.52. The van der Waals surface area contributed by atoms with Crippen LogP contribution in [0, 0.1) is 0 Å². The van der Waals surface area contributed by atoms with E-state index in [2.05, 4.69) is 15.0 Å². The quantitative estimate of drug-likeness (QED) is 0.516. The molecule has 0 bridgehead atoms. The Morgan fingerprint density at radius 2 is 1.86 bits per heavy atom. The van der Waals surface area contributed by atoms with E-state index < -0.39 is 0 Å².